The van der Waals surface area contributed by atoms with E-state index < -0.39 is 11.7 Å². The Balaban J connectivity index is 2.53. The average molecular weight is 261 g/mol. The monoisotopic (exact) mass is 260 g/mol. The van der Waals surface area contributed by atoms with Gasteiger partial charge in [-0.25, -0.2) is 4.68 Å². The second kappa shape index (κ2) is 4.41. The lowest BCUT2D eigenvalue weighted by Crippen LogP contribution is -2.10. The molecule has 0 atom stereocenters. The third-order valence-corrected chi connectivity index (χ3v) is 2.60. The van der Waals surface area contributed by atoms with E-state index in [0.29, 0.717) is 5.69 Å². The summed E-state index contributed by atoms with van der Waals surface area (Å²) in [5.41, 5.74) is -0.299. The van der Waals surface area contributed by atoms with Crippen molar-refractivity contribution in [1.82, 2.24) is 9.78 Å². The molecule has 0 aliphatic carbocycles. The van der Waals surface area contributed by atoms with Crippen molar-refractivity contribution in [1.29, 1.82) is 0 Å². The number of rotatable bonds is 2. The molecule has 1 aromatic heterocycles. The van der Waals surface area contributed by atoms with Gasteiger partial charge in [0, 0.05) is 18.3 Å². The topological polar surface area (TPSA) is 17.8 Å². The summed E-state index contributed by atoms with van der Waals surface area (Å²) in [6.07, 6.45) is -1.33. The maximum Gasteiger partial charge on any atom is 0.416 e. The van der Waals surface area contributed by atoms with Crippen LogP contribution in [0.1, 0.15) is 11.1 Å². The quantitative estimate of drug-likeness (QED) is 0.754. The molecular formula is C11H8ClF3N2. The molecule has 0 bridgehead atoms. The highest BCUT2D eigenvalue weighted by molar-refractivity contribution is 6.17. The molecule has 17 heavy (non-hydrogen) atoms. The molecular weight excluding hydrogens is 253 g/mol. The molecule has 1 aromatic carbocycles. The van der Waals surface area contributed by atoms with Crippen molar-refractivity contribution >= 4 is 11.6 Å². The predicted octanol–water partition coefficient (Wildman–Crippen LogP) is 3.63. The zero-order valence-corrected chi connectivity index (χ0v) is 9.33. The summed E-state index contributed by atoms with van der Waals surface area (Å²) in [6, 6.07) is 5.61. The summed E-state index contributed by atoms with van der Waals surface area (Å²) < 4.78 is 39.7. The van der Waals surface area contributed by atoms with Crippen LogP contribution in [0.3, 0.4) is 0 Å². The van der Waals surface area contributed by atoms with Gasteiger partial charge in [0.25, 0.3) is 0 Å². The highest BCUT2D eigenvalue weighted by atomic mass is 35.5. The molecule has 0 fully saturated rings. The van der Waals surface area contributed by atoms with Gasteiger partial charge in [0.1, 0.15) is 0 Å². The molecule has 2 rings (SSSR count). The van der Waals surface area contributed by atoms with Gasteiger partial charge in [-0.1, -0.05) is 6.07 Å². The molecule has 6 heteroatoms. The highest BCUT2D eigenvalue weighted by Crippen LogP contribution is 2.33. The van der Waals surface area contributed by atoms with Crippen molar-refractivity contribution in [2.24, 2.45) is 0 Å². The van der Waals surface area contributed by atoms with E-state index in [2.05, 4.69) is 5.10 Å². The van der Waals surface area contributed by atoms with E-state index in [1.807, 2.05) is 0 Å². The molecule has 0 radical (unpaired) electrons. The fraction of sp³-hybridized carbons (Fsp3) is 0.182. The molecule has 0 amide bonds. The van der Waals surface area contributed by atoms with E-state index in [0.717, 1.165) is 6.07 Å². The van der Waals surface area contributed by atoms with Crippen LogP contribution in [0.25, 0.3) is 5.69 Å². The first-order chi connectivity index (χ1) is 8.02. The van der Waals surface area contributed by atoms with Gasteiger partial charge in [0.15, 0.2) is 0 Å². The zero-order valence-electron chi connectivity index (χ0n) is 8.58. The number of hydrogen-bond acceptors (Lipinski definition) is 1. The van der Waals surface area contributed by atoms with Crippen LogP contribution >= 0.6 is 11.6 Å². The smallest absolute Gasteiger partial charge is 0.241 e. The van der Waals surface area contributed by atoms with Crippen molar-refractivity contribution in [3.05, 3.63) is 47.8 Å². The second-order valence-electron chi connectivity index (χ2n) is 3.42. The Hall–Kier alpha value is -1.49. The molecule has 1 heterocycles. The van der Waals surface area contributed by atoms with Crippen LogP contribution in [0.5, 0.6) is 0 Å². The zero-order chi connectivity index (χ0) is 12.5. The van der Waals surface area contributed by atoms with Gasteiger partial charge >= 0.3 is 6.18 Å². The van der Waals surface area contributed by atoms with E-state index in [-0.39, 0.29) is 11.4 Å². The Kier molecular flexibility index (Phi) is 3.11. The molecule has 0 saturated heterocycles. The number of aromatic nitrogens is 2. The average Bonchev–Trinajstić information content (AvgIpc) is 2.80. The van der Waals surface area contributed by atoms with Gasteiger partial charge in [-0.2, -0.15) is 18.3 Å². The van der Waals surface area contributed by atoms with Crippen LogP contribution in [-0.2, 0) is 12.1 Å². The van der Waals surface area contributed by atoms with Crippen molar-refractivity contribution in [3.8, 4) is 5.69 Å². The van der Waals surface area contributed by atoms with Crippen LogP contribution in [0.4, 0.5) is 13.2 Å². The molecule has 0 unspecified atom stereocenters. The number of halogens is 4. The van der Waals surface area contributed by atoms with E-state index in [9.17, 15) is 13.2 Å². The summed E-state index contributed by atoms with van der Waals surface area (Å²) in [5.74, 6) is -0.172. The SMILES string of the molecule is FC(F)(F)c1cc(-n2cccn2)ccc1CCl. The maximum absolute atomic E-state index is 12.8. The Morgan fingerprint density at radius 3 is 2.59 bits per heavy atom. The minimum atomic E-state index is -4.41. The van der Waals surface area contributed by atoms with Crippen molar-refractivity contribution in [3.63, 3.8) is 0 Å². The first kappa shape index (κ1) is 12.0. The third-order valence-electron chi connectivity index (χ3n) is 2.31. The summed E-state index contributed by atoms with van der Waals surface area (Å²) >= 11 is 5.49. The van der Waals surface area contributed by atoms with Gasteiger partial charge < -0.3 is 0 Å². The fourth-order valence-electron chi connectivity index (χ4n) is 1.51. The third kappa shape index (κ3) is 2.44. The van der Waals surface area contributed by atoms with E-state index in [4.69, 9.17) is 11.6 Å². The normalized spacial score (nSPS) is 11.8. The van der Waals surface area contributed by atoms with Crippen LogP contribution in [-0.4, -0.2) is 9.78 Å². The molecule has 0 N–H and O–H groups in total. The minimum Gasteiger partial charge on any atom is -0.241 e. The predicted molar refractivity (Wildman–Crippen MR) is 58.1 cm³/mol. The van der Waals surface area contributed by atoms with Gasteiger partial charge in [-0.15, -0.1) is 11.6 Å². The molecule has 0 aliphatic heterocycles. The number of alkyl halides is 4. The summed E-state index contributed by atoms with van der Waals surface area (Å²) in [7, 11) is 0. The first-order valence-corrected chi connectivity index (χ1v) is 5.32. The second-order valence-corrected chi connectivity index (χ2v) is 3.69. The van der Waals surface area contributed by atoms with E-state index in [1.165, 1.54) is 16.9 Å². The molecule has 0 aliphatic rings. The lowest BCUT2D eigenvalue weighted by atomic mass is 10.1. The molecule has 0 spiro atoms. The number of hydrogen-bond donors (Lipinski definition) is 0. The van der Waals surface area contributed by atoms with Crippen LogP contribution < -0.4 is 0 Å². The van der Waals surface area contributed by atoms with Crippen LogP contribution in [0.15, 0.2) is 36.7 Å². The van der Waals surface area contributed by atoms with Crippen LogP contribution in [0.2, 0.25) is 0 Å². The molecule has 90 valence electrons. The van der Waals surface area contributed by atoms with Gasteiger partial charge in [0.05, 0.1) is 11.3 Å². The molecule has 2 aromatic rings. The lowest BCUT2D eigenvalue weighted by Gasteiger charge is -2.13. The van der Waals surface area contributed by atoms with Gasteiger partial charge in [-0.3, -0.25) is 0 Å². The maximum atomic E-state index is 12.8. The van der Waals surface area contributed by atoms with E-state index >= 15 is 0 Å². The molecule has 2 nitrogen and oxygen atoms in total. The summed E-state index contributed by atoms with van der Waals surface area (Å²) in [6.45, 7) is 0. The Morgan fingerprint density at radius 1 is 1.29 bits per heavy atom. The Labute approximate surface area is 101 Å². The standard InChI is InChI=1S/C11H8ClF3N2/c12-7-8-2-3-9(17-5-1-4-16-17)6-10(8)11(13,14)15/h1-6H,7H2. The number of benzene rings is 1. The van der Waals surface area contributed by atoms with Crippen LogP contribution in [0, 0.1) is 0 Å². The van der Waals surface area contributed by atoms with E-state index in [1.54, 1.807) is 18.3 Å². The van der Waals surface area contributed by atoms with Crippen molar-refractivity contribution in [2.45, 2.75) is 12.1 Å². The van der Waals surface area contributed by atoms with Crippen molar-refractivity contribution in [2.75, 3.05) is 0 Å². The Morgan fingerprint density at radius 2 is 2.06 bits per heavy atom. The van der Waals surface area contributed by atoms with Gasteiger partial charge in [-0.05, 0) is 23.8 Å². The Bertz CT molecular complexity index is 506. The highest BCUT2D eigenvalue weighted by Gasteiger charge is 2.33. The first-order valence-electron chi connectivity index (χ1n) is 4.78. The fourth-order valence-corrected chi connectivity index (χ4v) is 1.74. The largest absolute Gasteiger partial charge is 0.416 e. The summed E-state index contributed by atoms with van der Waals surface area (Å²) in [4.78, 5) is 0. The number of nitrogens with zero attached hydrogens (tertiary/aromatic N) is 2. The van der Waals surface area contributed by atoms with Gasteiger partial charge in [0.2, 0.25) is 0 Å². The lowest BCUT2D eigenvalue weighted by molar-refractivity contribution is -0.138. The molecule has 0 saturated carbocycles. The van der Waals surface area contributed by atoms with Crippen molar-refractivity contribution < 1.29 is 13.2 Å². The minimum absolute atomic E-state index is 0.0649. The summed E-state index contributed by atoms with van der Waals surface area (Å²) in [5, 5.41) is 3.88.